The summed E-state index contributed by atoms with van der Waals surface area (Å²) in [6, 6.07) is 0. The second-order valence-electron chi connectivity index (χ2n) is 4.36. The Bertz CT molecular complexity index is 416. The molecule has 0 saturated heterocycles. The van der Waals surface area contributed by atoms with Crippen molar-refractivity contribution in [2.45, 2.75) is 6.42 Å². The zero-order chi connectivity index (χ0) is 17.1. The van der Waals surface area contributed by atoms with Gasteiger partial charge in [-0.05, 0) is 12.6 Å². The van der Waals surface area contributed by atoms with Crippen LogP contribution in [0.5, 0.6) is 0 Å². The molecule has 22 heavy (non-hydrogen) atoms. The molecule has 0 rings (SSSR count). The number of hydrogen-bond donors (Lipinski definition) is 4. The van der Waals surface area contributed by atoms with E-state index in [4.69, 9.17) is 20.4 Å². The van der Waals surface area contributed by atoms with Crippen molar-refractivity contribution in [2.75, 3.05) is 32.7 Å². The molecule has 0 aliphatic carbocycles. The van der Waals surface area contributed by atoms with Gasteiger partial charge in [-0.25, -0.2) is 0 Å². The highest BCUT2D eigenvalue weighted by Crippen LogP contribution is 1.96. The molecule has 0 saturated carbocycles. The molecule has 0 fully saturated rings. The molecule has 124 valence electrons. The molecular weight excluding hydrogens is 300 g/mol. The Balaban J connectivity index is 4.44. The fourth-order valence-corrected chi connectivity index (χ4v) is 1.59. The highest BCUT2D eigenvalue weighted by molar-refractivity contribution is 5.73. The van der Waals surface area contributed by atoms with Gasteiger partial charge in [0.15, 0.2) is 0 Å². The van der Waals surface area contributed by atoms with Crippen LogP contribution in [0.3, 0.4) is 0 Å². The van der Waals surface area contributed by atoms with E-state index in [1.165, 1.54) is 17.2 Å². The number of rotatable bonds is 12. The van der Waals surface area contributed by atoms with E-state index in [0.717, 1.165) is 4.90 Å². The highest BCUT2D eigenvalue weighted by atomic mass is 16.4. The third kappa shape index (κ3) is 11.2. The molecule has 4 N–H and O–H groups in total. The second kappa shape index (κ2) is 10.2. The Morgan fingerprint density at radius 3 is 1.50 bits per heavy atom. The van der Waals surface area contributed by atoms with Crippen LogP contribution in [-0.4, -0.2) is 86.8 Å². The van der Waals surface area contributed by atoms with Crippen LogP contribution in [0.4, 0.5) is 0 Å². The zero-order valence-electron chi connectivity index (χ0n) is 11.7. The van der Waals surface area contributed by atoms with Gasteiger partial charge in [0.2, 0.25) is 0 Å². The number of aliphatic carboxylic acids is 4. The van der Waals surface area contributed by atoms with Gasteiger partial charge in [0.05, 0.1) is 13.1 Å². The third-order valence-corrected chi connectivity index (χ3v) is 2.32. The summed E-state index contributed by atoms with van der Waals surface area (Å²) in [7, 11) is 0. The van der Waals surface area contributed by atoms with Crippen LogP contribution in [0.25, 0.3) is 0 Å². The van der Waals surface area contributed by atoms with E-state index in [9.17, 15) is 19.2 Å². The molecule has 0 atom stereocenters. The van der Waals surface area contributed by atoms with Crippen molar-refractivity contribution in [1.29, 1.82) is 0 Å². The van der Waals surface area contributed by atoms with Gasteiger partial charge < -0.3 is 25.3 Å². The lowest BCUT2D eigenvalue weighted by molar-refractivity contribution is -0.143. The molecule has 0 spiro atoms. The molecule has 0 aliphatic rings. The molecule has 0 aromatic rings. The molecular formula is C12H18N2O8. The molecule has 0 aromatic carbocycles. The molecule has 0 bridgehead atoms. The van der Waals surface area contributed by atoms with Crippen molar-refractivity contribution < 1.29 is 39.6 Å². The number of carboxylic acid groups (broad SMARTS) is 4. The molecule has 0 heterocycles. The number of hydrogen-bond acceptors (Lipinski definition) is 6. The van der Waals surface area contributed by atoms with Gasteiger partial charge in [-0.1, -0.05) is 6.08 Å². The van der Waals surface area contributed by atoms with E-state index in [0.29, 0.717) is 0 Å². The first-order chi connectivity index (χ1) is 10.2. The maximum absolute atomic E-state index is 10.6. The van der Waals surface area contributed by atoms with Crippen molar-refractivity contribution in [3.8, 4) is 0 Å². The predicted octanol–water partition coefficient (Wildman–Crippen LogP) is -1.17. The standard InChI is InChI=1S/C12H18N2O8/c15-9(16)5-13(6-10(17)18)3-1-2-4-14(7-11(19)20)8-12(21)22/h1,3H,2,4-8H2,(H,15,16)(H,17,18)(H,19,20)(H,21,22)/b3-1-. The fourth-order valence-electron chi connectivity index (χ4n) is 1.59. The SMILES string of the molecule is O=C(O)CN(/C=C\CCN(CC(=O)O)CC(=O)O)CC(=O)O. The average Bonchev–Trinajstić information content (AvgIpc) is 2.31. The van der Waals surface area contributed by atoms with Gasteiger partial charge in [0.1, 0.15) is 13.1 Å². The normalized spacial score (nSPS) is 10.8. The summed E-state index contributed by atoms with van der Waals surface area (Å²) in [5.74, 6) is -4.71. The lowest BCUT2D eigenvalue weighted by atomic mass is 10.3. The van der Waals surface area contributed by atoms with Gasteiger partial charge in [-0.3, -0.25) is 24.1 Å². The van der Waals surface area contributed by atoms with Gasteiger partial charge in [0, 0.05) is 6.54 Å². The minimum Gasteiger partial charge on any atom is -0.480 e. The lowest BCUT2D eigenvalue weighted by Gasteiger charge is -2.17. The van der Waals surface area contributed by atoms with Gasteiger partial charge in [-0.15, -0.1) is 0 Å². The maximum Gasteiger partial charge on any atom is 0.323 e. The largest absolute Gasteiger partial charge is 0.480 e. The summed E-state index contributed by atoms with van der Waals surface area (Å²) in [6.07, 6.45) is 2.99. The Morgan fingerprint density at radius 2 is 1.14 bits per heavy atom. The first-order valence-electron chi connectivity index (χ1n) is 6.21. The Morgan fingerprint density at radius 1 is 0.727 bits per heavy atom. The third-order valence-electron chi connectivity index (χ3n) is 2.32. The van der Waals surface area contributed by atoms with E-state index in [2.05, 4.69) is 0 Å². The average molecular weight is 318 g/mol. The molecule has 10 heteroatoms. The summed E-state index contributed by atoms with van der Waals surface area (Å²) in [4.78, 5) is 44.5. The quantitative estimate of drug-likeness (QED) is 0.346. The van der Waals surface area contributed by atoms with Gasteiger partial charge in [-0.2, -0.15) is 0 Å². The van der Waals surface area contributed by atoms with Crippen molar-refractivity contribution in [1.82, 2.24) is 9.80 Å². The van der Waals surface area contributed by atoms with Crippen LogP contribution in [0.2, 0.25) is 0 Å². The van der Waals surface area contributed by atoms with Crippen LogP contribution in [0.1, 0.15) is 6.42 Å². The molecule has 0 radical (unpaired) electrons. The Kier molecular flexibility index (Phi) is 8.95. The first kappa shape index (κ1) is 19.4. The van der Waals surface area contributed by atoms with Crippen LogP contribution in [0.15, 0.2) is 12.3 Å². The van der Waals surface area contributed by atoms with Crippen molar-refractivity contribution in [2.24, 2.45) is 0 Å². The minimum absolute atomic E-state index is 0.128. The Hall–Kier alpha value is -2.62. The topological polar surface area (TPSA) is 156 Å². The molecule has 10 nitrogen and oxygen atoms in total. The molecule has 0 unspecified atom stereocenters. The van der Waals surface area contributed by atoms with Gasteiger partial charge >= 0.3 is 23.9 Å². The van der Waals surface area contributed by atoms with E-state index in [1.54, 1.807) is 0 Å². The first-order valence-corrected chi connectivity index (χ1v) is 6.21. The summed E-state index contributed by atoms with van der Waals surface area (Å²) in [5.41, 5.74) is 0. The van der Waals surface area contributed by atoms with Crippen LogP contribution < -0.4 is 0 Å². The Labute approximate surface area is 125 Å². The van der Waals surface area contributed by atoms with Gasteiger partial charge in [0.25, 0.3) is 0 Å². The van der Waals surface area contributed by atoms with Crippen LogP contribution >= 0.6 is 0 Å². The molecule has 0 aromatic heterocycles. The minimum atomic E-state index is -1.19. The lowest BCUT2D eigenvalue weighted by Crippen LogP contribution is -2.35. The highest BCUT2D eigenvalue weighted by Gasteiger charge is 2.12. The summed E-state index contributed by atoms with van der Waals surface area (Å²) in [5, 5.41) is 34.6. The summed E-state index contributed by atoms with van der Waals surface area (Å²) in [6.45, 7) is -1.72. The fraction of sp³-hybridized carbons (Fsp3) is 0.500. The zero-order valence-corrected chi connectivity index (χ0v) is 11.7. The van der Waals surface area contributed by atoms with Crippen molar-refractivity contribution in [3.63, 3.8) is 0 Å². The van der Waals surface area contributed by atoms with E-state index in [1.807, 2.05) is 0 Å². The van der Waals surface area contributed by atoms with Crippen LogP contribution in [-0.2, 0) is 19.2 Å². The molecule has 0 aliphatic heterocycles. The number of carbonyl (C=O) groups is 4. The summed E-state index contributed by atoms with van der Waals surface area (Å²) >= 11 is 0. The van der Waals surface area contributed by atoms with Crippen molar-refractivity contribution >= 4 is 23.9 Å². The maximum atomic E-state index is 10.6. The smallest absolute Gasteiger partial charge is 0.323 e. The molecule has 0 amide bonds. The monoisotopic (exact) mass is 318 g/mol. The summed E-state index contributed by atoms with van der Waals surface area (Å²) < 4.78 is 0. The second-order valence-corrected chi connectivity index (χ2v) is 4.36. The number of nitrogens with zero attached hydrogens (tertiary/aromatic N) is 2. The van der Waals surface area contributed by atoms with Crippen LogP contribution in [0, 0.1) is 0 Å². The van der Waals surface area contributed by atoms with E-state index >= 15 is 0 Å². The van der Waals surface area contributed by atoms with Crippen molar-refractivity contribution in [3.05, 3.63) is 12.3 Å². The van der Waals surface area contributed by atoms with E-state index in [-0.39, 0.29) is 13.0 Å². The predicted molar refractivity (Wildman–Crippen MR) is 72.3 cm³/mol. The number of carboxylic acids is 4. The van der Waals surface area contributed by atoms with E-state index < -0.39 is 50.1 Å².